The lowest BCUT2D eigenvalue weighted by Gasteiger charge is -2.30. The first-order valence-electron chi connectivity index (χ1n) is 7.12. The van der Waals surface area contributed by atoms with Gasteiger partial charge in [-0.25, -0.2) is 0 Å². The minimum atomic E-state index is 0.0276. The Morgan fingerprint density at radius 3 is 2.74 bits per heavy atom. The number of carbonyl (C=O) groups is 1. The van der Waals surface area contributed by atoms with Gasteiger partial charge in [0.2, 0.25) is 5.91 Å². The van der Waals surface area contributed by atoms with Crippen LogP contribution >= 0.6 is 0 Å². The number of carbonyl (C=O) groups excluding carboxylic acids is 1. The first-order valence-corrected chi connectivity index (χ1v) is 7.12. The van der Waals surface area contributed by atoms with Gasteiger partial charge in [0.25, 0.3) is 0 Å². The molecule has 0 aromatic carbocycles. The smallest absolute Gasteiger partial charge is 0.227 e. The Labute approximate surface area is 113 Å². The molecule has 1 aromatic rings. The highest BCUT2D eigenvalue weighted by Crippen LogP contribution is 2.48. The maximum absolute atomic E-state index is 12.6. The van der Waals surface area contributed by atoms with E-state index in [2.05, 4.69) is 0 Å². The summed E-state index contributed by atoms with van der Waals surface area (Å²) in [5.41, 5.74) is 6.23. The van der Waals surface area contributed by atoms with Crippen molar-refractivity contribution < 1.29 is 9.21 Å². The fraction of sp³-hybridized carbons (Fsp3) is 0.667. The van der Waals surface area contributed by atoms with Crippen LogP contribution in [-0.4, -0.2) is 23.9 Å². The molecule has 2 bridgehead atoms. The van der Waals surface area contributed by atoms with E-state index in [1.165, 1.54) is 12.8 Å². The molecule has 104 valence electrons. The maximum atomic E-state index is 12.6. The number of nitrogens with two attached hydrogens (primary N) is 1. The van der Waals surface area contributed by atoms with Crippen LogP contribution < -0.4 is 5.73 Å². The van der Waals surface area contributed by atoms with Crippen molar-refractivity contribution in [2.75, 3.05) is 7.05 Å². The summed E-state index contributed by atoms with van der Waals surface area (Å²) in [7, 11) is 1.85. The minimum absolute atomic E-state index is 0.0276. The summed E-state index contributed by atoms with van der Waals surface area (Å²) in [6.07, 6.45) is 3.52. The van der Waals surface area contributed by atoms with Crippen molar-refractivity contribution in [2.45, 2.75) is 38.8 Å². The van der Waals surface area contributed by atoms with Crippen LogP contribution in [0, 0.1) is 24.7 Å². The molecule has 0 aliphatic heterocycles. The summed E-state index contributed by atoms with van der Waals surface area (Å²) in [6.45, 7) is 2.45. The quantitative estimate of drug-likeness (QED) is 0.905. The molecule has 4 nitrogen and oxygen atoms in total. The van der Waals surface area contributed by atoms with Crippen LogP contribution in [-0.2, 0) is 11.3 Å². The second-order valence-corrected chi connectivity index (χ2v) is 6.14. The van der Waals surface area contributed by atoms with Gasteiger partial charge in [0.1, 0.15) is 11.5 Å². The predicted molar refractivity (Wildman–Crippen MR) is 72.2 cm³/mol. The molecule has 1 amide bonds. The van der Waals surface area contributed by atoms with Gasteiger partial charge in [-0.1, -0.05) is 0 Å². The first kappa shape index (κ1) is 12.7. The third kappa shape index (κ3) is 2.18. The molecule has 1 aromatic heterocycles. The van der Waals surface area contributed by atoms with Crippen molar-refractivity contribution in [3.63, 3.8) is 0 Å². The number of aryl methyl sites for hydroxylation is 1. The fourth-order valence-electron chi connectivity index (χ4n) is 3.84. The number of amides is 1. The highest BCUT2D eigenvalue weighted by Gasteiger charge is 2.49. The van der Waals surface area contributed by atoms with E-state index in [-0.39, 0.29) is 17.9 Å². The van der Waals surface area contributed by atoms with Crippen molar-refractivity contribution >= 4 is 5.91 Å². The van der Waals surface area contributed by atoms with Gasteiger partial charge in [-0.3, -0.25) is 4.79 Å². The normalized spacial score (nSPS) is 32.8. The topological polar surface area (TPSA) is 59.5 Å². The van der Waals surface area contributed by atoms with Crippen molar-refractivity contribution in [2.24, 2.45) is 23.5 Å². The monoisotopic (exact) mass is 262 g/mol. The number of fused-ring (bicyclic) bond motifs is 2. The molecule has 2 N–H and O–H groups in total. The number of hydrogen-bond donors (Lipinski definition) is 1. The van der Waals surface area contributed by atoms with E-state index in [4.69, 9.17) is 10.2 Å². The van der Waals surface area contributed by atoms with Crippen LogP contribution in [0.5, 0.6) is 0 Å². The van der Waals surface area contributed by atoms with E-state index >= 15 is 0 Å². The number of hydrogen-bond acceptors (Lipinski definition) is 3. The molecule has 0 spiro atoms. The van der Waals surface area contributed by atoms with Crippen LogP contribution in [0.2, 0.25) is 0 Å². The highest BCUT2D eigenvalue weighted by atomic mass is 16.3. The first-order chi connectivity index (χ1) is 9.06. The average Bonchev–Trinajstić information content (AvgIpc) is 3.05. The van der Waals surface area contributed by atoms with Crippen molar-refractivity contribution in [1.29, 1.82) is 0 Å². The predicted octanol–water partition coefficient (Wildman–Crippen LogP) is 1.92. The average molecular weight is 262 g/mol. The maximum Gasteiger partial charge on any atom is 0.227 e. The van der Waals surface area contributed by atoms with Gasteiger partial charge in [0, 0.05) is 13.1 Å². The second kappa shape index (κ2) is 4.67. The van der Waals surface area contributed by atoms with Crippen LogP contribution in [0.4, 0.5) is 0 Å². The lowest BCUT2D eigenvalue weighted by molar-refractivity contribution is -0.137. The van der Waals surface area contributed by atoms with Gasteiger partial charge in [-0.15, -0.1) is 0 Å². The van der Waals surface area contributed by atoms with Gasteiger partial charge < -0.3 is 15.1 Å². The summed E-state index contributed by atoms with van der Waals surface area (Å²) in [5.74, 6) is 3.01. The Bertz CT molecular complexity index is 480. The van der Waals surface area contributed by atoms with Crippen LogP contribution in [0.3, 0.4) is 0 Å². The van der Waals surface area contributed by atoms with Gasteiger partial charge in [0.05, 0.1) is 12.5 Å². The molecule has 4 unspecified atom stereocenters. The summed E-state index contributed by atoms with van der Waals surface area (Å²) >= 11 is 0. The molecule has 4 atom stereocenters. The lowest BCUT2D eigenvalue weighted by atomic mass is 9.84. The van der Waals surface area contributed by atoms with Crippen LogP contribution in [0.1, 0.15) is 30.8 Å². The largest absolute Gasteiger partial charge is 0.464 e. The zero-order valence-electron chi connectivity index (χ0n) is 11.6. The summed E-state index contributed by atoms with van der Waals surface area (Å²) in [5, 5.41) is 0. The van der Waals surface area contributed by atoms with Crippen LogP contribution in [0.15, 0.2) is 16.5 Å². The number of furan rings is 1. The van der Waals surface area contributed by atoms with Gasteiger partial charge in [-0.05, 0) is 50.2 Å². The van der Waals surface area contributed by atoms with Gasteiger partial charge >= 0.3 is 0 Å². The Balaban J connectivity index is 1.67. The van der Waals surface area contributed by atoms with E-state index in [9.17, 15) is 4.79 Å². The van der Waals surface area contributed by atoms with Gasteiger partial charge in [-0.2, -0.15) is 0 Å². The third-order valence-electron chi connectivity index (χ3n) is 4.83. The fourth-order valence-corrected chi connectivity index (χ4v) is 3.84. The number of nitrogens with zero attached hydrogens (tertiary/aromatic N) is 1. The summed E-state index contributed by atoms with van der Waals surface area (Å²) < 4.78 is 5.53. The molecule has 1 heterocycles. The molecule has 2 aliphatic rings. The Kier molecular flexibility index (Phi) is 3.13. The molecule has 2 saturated carbocycles. The summed E-state index contributed by atoms with van der Waals surface area (Å²) in [6, 6.07) is 3.92. The zero-order valence-corrected chi connectivity index (χ0v) is 11.6. The van der Waals surface area contributed by atoms with E-state index in [0.29, 0.717) is 18.4 Å². The van der Waals surface area contributed by atoms with Crippen molar-refractivity contribution in [3.05, 3.63) is 23.7 Å². The molecule has 2 aliphatic carbocycles. The van der Waals surface area contributed by atoms with Crippen LogP contribution in [0.25, 0.3) is 0 Å². The molecule has 0 saturated heterocycles. The van der Waals surface area contributed by atoms with E-state index in [1.807, 2.05) is 26.1 Å². The zero-order chi connectivity index (χ0) is 13.6. The molecular weight excluding hydrogens is 240 g/mol. The Hall–Kier alpha value is -1.29. The van der Waals surface area contributed by atoms with Crippen molar-refractivity contribution in [3.8, 4) is 0 Å². The molecule has 4 heteroatoms. The van der Waals surface area contributed by atoms with Crippen molar-refractivity contribution in [1.82, 2.24) is 4.90 Å². The summed E-state index contributed by atoms with van der Waals surface area (Å²) in [4.78, 5) is 14.3. The Morgan fingerprint density at radius 2 is 2.16 bits per heavy atom. The van der Waals surface area contributed by atoms with E-state index in [1.54, 1.807) is 4.90 Å². The molecule has 19 heavy (non-hydrogen) atoms. The highest BCUT2D eigenvalue weighted by molar-refractivity contribution is 5.80. The number of rotatable bonds is 3. The van der Waals surface area contributed by atoms with E-state index in [0.717, 1.165) is 17.9 Å². The SMILES string of the molecule is Cc1ccc(CN(C)C(=O)C2C3CCC(C3)C2N)o1. The van der Waals surface area contributed by atoms with E-state index < -0.39 is 0 Å². The molecular formula is C15H22N2O2. The second-order valence-electron chi connectivity index (χ2n) is 6.14. The van der Waals surface area contributed by atoms with Gasteiger partial charge in [0.15, 0.2) is 0 Å². The molecule has 0 radical (unpaired) electrons. The Morgan fingerprint density at radius 1 is 1.42 bits per heavy atom. The molecule has 3 rings (SSSR count). The third-order valence-corrected chi connectivity index (χ3v) is 4.83. The lowest BCUT2D eigenvalue weighted by Crippen LogP contribution is -2.45. The standard InChI is InChI=1S/C15H22N2O2/c1-9-3-6-12(19-9)8-17(2)15(18)13-10-4-5-11(7-10)14(13)16/h3,6,10-11,13-14H,4-5,7-8,16H2,1-2H3. The molecule has 2 fully saturated rings. The minimum Gasteiger partial charge on any atom is -0.464 e.